The summed E-state index contributed by atoms with van der Waals surface area (Å²) in [6.07, 6.45) is 24.2. The quantitative estimate of drug-likeness (QED) is 0.118. The molecule has 7 heteroatoms. The van der Waals surface area contributed by atoms with Gasteiger partial charge in [-0.1, -0.05) is 76.9 Å². The van der Waals surface area contributed by atoms with Gasteiger partial charge in [0.1, 0.15) is 0 Å². The van der Waals surface area contributed by atoms with E-state index < -0.39 is 10.4 Å². The Kier molecular flexibility index (Phi) is 28.4. The molecule has 0 atom stereocenters. The van der Waals surface area contributed by atoms with Crippen LogP contribution in [0.3, 0.4) is 0 Å². The van der Waals surface area contributed by atoms with Crippen LogP contribution in [0.25, 0.3) is 0 Å². The van der Waals surface area contributed by atoms with Gasteiger partial charge in [0.05, 0.1) is 0 Å². The van der Waals surface area contributed by atoms with Crippen LogP contribution in [0.1, 0.15) is 96.8 Å². The molecule has 0 unspecified atom stereocenters. The molecule has 25 heavy (non-hydrogen) atoms. The smallest absolute Gasteiger partial charge is 0.394 e. The van der Waals surface area contributed by atoms with E-state index in [-0.39, 0.29) is 19.5 Å². The molecule has 0 heterocycles. The SMILES string of the molecule is CCCCCCCC/C=C\CCCCCCC[C-]=O.O=S(=O)(O)O.[Zn]. The van der Waals surface area contributed by atoms with Crippen molar-refractivity contribution < 1.29 is 41.8 Å². The molecule has 2 N–H and O–H groups in total. The molecule has 0 rings (SSSR count). The van der Waals surface area contributed by atoms with Gasteiger partial charge in [0, 0.05) is 19.5 Å². The number of hydrogen-bond acceptors (Lipinski definition) is 3. The Labute approximate surface area is 167 Å². The van der Waals surface area contributed by atoms with Crippen molar-refractivity contribution in [1.82, 2.24) is 0 Å². The van der Waals surface area contributed by atoms with Gasteiger partial charge < -0.3 is 4.79 Å². The van der Waals surface area contributed by atoms with E-state index in [0.717, 1.165) is 6.42 Å². The Balaban J connectivity index is -0.000000704. The molecule has 0 aromatic carbocycles. The van der Waals surface area contributed by atoms with Crippen molar-refractivity contribution >= 4 is 16.7 Å². The second kappa shape index (κ2) is 23.9. The zero-order valence-electron chi connectivity index (χ0n) is 15.8. The third kappa shape index (κ3) is 45.3. The standard InChI is InChI=1S/C18H33O.H2O4S.Zn/c1-2-3-4-5-6-7-8-9-10-11-12-13-14-15-16-17-18-19;1-5(2,3)4;/h9-10H,2-8,11-17H2,1H3;(H2,1,2,3,4);/q-1;;/b10-9-;;. The summed E-state index contributed by atoms with van der Waals surface area (Å²) in [6.45, 7) is 2.27. The molecule has 5 nitrogen and oxygen atoms in total. The Morgan fingerprint density at radius 1 is 0.760 bits per heavy atom. The van der Waals surface area contributed by atoms with Crippen LogP contribution in [0.5, 0.6) is 0 Å². The number of unbranched alkanes of at least 4 members (excludes halogenated alkanes) is 12. The maximum atomic E-state index is 10.0. The van der Waals surface area contributed by atoms with Crippen LogP contribution in [0.15, 0.2) is 12.2 Å². The van der Waals surface area contributed by atoms with Crippen molar-refractivity contribution in [2.45, 2.75) is 96.8 Å². The Bertz CT molecular complexity index is 375. The van der Waals surface area contributed by atoms with Crippen LogP contribution in [-0.4, -0.2) is 23.8 Å². The van der Waals surface area contributed by atoms with Crippen molar-refractivity contribution in [2.24, 2.45) is 0 Å². The summed E-state index contributed by atoms with van der Waals surface area (Å²) < 4.78 is 31.6. The molecule has 0 amide bonds. The molecule has 0 aromatic heterocycles. The van der Waals surface area contributed by atoms with Gasteiger partial charge in [0.15, 0.2) is 0 Å². The number of allylic oxidation sites excluding steroid dienone is 2. The van der Waals surface area contributed by atoms with Crippen LogP contribution >= 0.6 is 0 Å². The average Bonchev–Trinajstić information content (AvgIpc) is 2.49. The third-order valence-electron chi connectivity index (χ3n) is 3.54. The Morgan fingerprint density at radius 2 is 1.12 bits per heavy atom. The van der Waals surface area contributed by atoms with E-state index in [9.17, 15) is 4.79 Å². The molecule has 146 valence electrons. The maximum absolute atomic E-state index is 10.0. The molecule has 0 spiro atoms. The maximum Gasteiger partial charge on any atom is 0.394 e. The summed E-state index contributed by atoms with van der Waals surface area (Å²) in [6, 6.07) is 0. The van der Waals surface area contributed by atoms with Gasteiger partial charge in [0.25, 0.3) is 0 Å². The molecular weight excluding hydrogens is 394 g/mol. The average molecular weight is 429 g/mol. The van der Waals surface area contributed by atoms with Gasteiger partial charge in [-0.15, -0.1) is 0 Å². The molecule has 0 aliphatic heterocycles. The van der Waals surface area contributed by atoms with Crippen LogP contribution in [0.4, 0.5) is 0 Å². The first-order chi connectivity index (χ1) is 11.4. The molecule has 0 aliphatic rings. The minimum Gasteiger partial charge on any atom is -0.542 e. The largest absolute Gasteiger partial charge is 0.542 e. The van der Waals surface area contributed by atoms with Crippen LogP contribution in [-0.2, 0) is 34.7 Å². The summed E-state index contributed by atoms with van der Waals surface area (Å²) in [5, 5.41) is 0. The fraction of sp³-hybridized carbons (Fsp3) is 0.833. The van der Waals surface area contributed by atoms with E-state index in [0.29, 0.717) is 6.42 Å². The molecule has 0 saturated carbocycles. The van der Waals surface area contributed by atoms with Gasteiger partial charge in [-0.3, -0.25) is 15.4 Å². The van der Waals surface area contributed by atoms with Gasteiger partial charge in [-0.05, 0) is 25.7 Å². The van der Waals surface area contributed by atoms with Crippen LogP contribution < -0.4 is 0 Å². The fourth-order valence-electron chi connectivity index (χ4n) is 2.27. The third-order valence-corrected chi connectivity index (χ3v) is 3.54. The van der Waals surface area contributed by atoms with Crippen molar-refractivity contribution in [3.63, 3.8) is 0 Å². The number of carbonyl (C=O) groups excluding carboxylic acids is 1. The first kappa shape index (κ1) is 29.7. The van der Waals surface area contributed by atoms with E-state index in [1.807, 2.05) is 6.29 Å². The topological polar surface area (TPSA) is 91.7 Å². The molecule has 0 aromatic rings. The second-order valence-electron chi connectivity index (χ2n) is 5.93. The van der Waals surface area contributed by atoms with Crippen molar-refractivity contribution in [3.05, 3.63) is 12.2 Å². The molecule has 0 fully saturated rings. The normalized spacial score (nSPS) is 10.8. The van der Waals surface area contributed by atoms with Gasteiger partial charge in [-0.25, -0.2) is 0 Å². The predicted octanol–water partition coefficient (Wildman–Crippen LogP) is 5.48. The van der Waals surface area contributed by atoms with Crippen molar-refractivity contribution in [1.29, 1.82) is 0 Å². The first-order valence-electron chi connectivity index (χ1n) is 9.11. The van der Waals surface area contributed by atoms with Crippen LogP contribution in [0.2, 0.25) is 0 Å². The zero-order chi connectivity index (χ0) is 18.5. The summed E-state index contributed by atoms with van der Waals surface area (Å²) >= 11 is 0. The van der Waals surface area contributed by atoms with Gasteiger partial charge in [0.2, 0.25) is 0 Å². The van der Waals surface area contributed by atoms with E-state index >= 15 is 0 Å². The van der Waals surface area contributed by atoms with E-state index in [1.54, 1.807) is 0 Å². The van der Waals surface area contributed by atoms with Gasteiger partial charge in [-0.2, -0.15) is 14.8 Å². The summed E-state index contributed by atoms with van der Waals surface area (Å²) in [5.74, 6) is 0. The first-order valence-corrected chi connectivity index (χ1v) is 10.5. The summed E-state index contributed by atoms with van der Waals surface area (Å²) in [4.78, 5) is 10.0. The van der Waals surface area contributed by atoms with Crippen molar-refractivity contribution in [3.8, 4) is 0 Å². The minimum atomic E-state index is -4.67. The fourth-order valence-corrected chi connectivity index (χ4v) is 2.27. The van der Waals surface area contributed by atoms with E-state index in [4.69, 9.17) is 17.5 Å². The minimum absolute atomic E-state index is 0. The molecule has 0 aliphatic carbocycles. The number of rotatable bonds is 15. The molecule has 0 saturated heterocycles. The molecular formula is C18H35O5SZn-. The Hall–Kier alpha value is -0.0966. The second-order valence-corrected chi connectivity index (χ2v) is 6.82. The van der Waals surface area contributed by atoms with E-state index in [1.165, 1.54) is 77.0 Å². The van der Waals surface area contributed by atoms with Crippen LogP contribution in [0, 0.1) is 0 Å². The number of hydrogen-bond donors (Lipinski definition) is 2. The summed E-state index contributed by atoms with van der Waals surface area (Å²) in [7, 11) is -4.67. The summed E-state index contributed by atoms with van der Waals surface area (Å²) in [5.41, 5.74) is 0. The molecule has 0 bridgehead atoms. The van der Waals surface area contributed by atoms with Crippen molar-refractivity contribution in [2.75, 3.05) is 0 Å². The molecule has 0 radical (unpaired) electrons. The zero-order valence-corrected chi connectivity index (χ0v) is 19.6. The van der Waals surface area contributed by atoms with E-state index in [2.05, 4.69) is 19.1 Å². The van der Waals surface area contributed by atoms with Gasteiger partial charge >= 0.3 is 10.4 Å². The Morgan fingerprint density at radius 3 is 1.52 bits per heavy atom. The predicted molar refractivity (Wildman–Crippen MR) is 99.3 cm³/mol. The monoisotopic (exact) mass is 427 g/mol.